The Morgan fingerprint density at radius 3 is 1.59 bits per heavy atom. The number of Topliss-reactive ketones (excluding diaryl/α,β-unsaturated/α-hetero) is 1. The van der Waals surface area contributed by atoms with Gasteiger partial charge in [-0.3, -0.25) is 14.6 Å². The lowest BCUT2D eigenvalue weighted by Gasteiger charge is -2.29. The Labute approximate surface area is 212 Å². The number of carbonyl (C=O) groups is 4. The quantitative estimate of drug-likeness (QED) is 0.0767. The van der Waals surface area contributed by atoms with E-state index < -0.39 is 48.3 Å². The van der Waals surface area contributed by atoms with E-state index in [4.69, 9.17) is 42.6 Å². The van der Waals surface area contributed by atoms with Crippen LogP contribution < -0.4 is 32.4 Å². The summed E-state index contributed by atoms with van der Waals surface area (Å²) in [6.07, 6.45) is 0.0633. The molecule has 2 rings (SSSR count). The number of amides is 1. The van der Waals surface area contributed by atoms with Crippen molar-refractivity contribution >= 4 is 29.6 Å². The van der Waals surface area contributed by atoms with Gasteiger partial charge >= 0.3 is 11.9 Å². The van der Waals surface area contributed by atoms with Gasteiger partial charge in [-0.05, 0) is 48.2 Å². The summed E-state index contributed by atoms with van der Waals surface area (Å²) < 4.78 is 10.3. The predicted molar refractivity (Wildman–Crippen MR) is 132 cm³/mol. The van der Waals surface area contributed by atoms with E-state index in [1.807, 2.05) is 0 Å². The zero-order valence-electron chi connectivity index (χ0n) is 19.8. The molecule has 0 radical (unpaired) electrons. The fourth-order valence-corrected chi connectivity index (χ4v) is 3.49. The first-order valence-corrected chi connectivity index (χ1v) is 11.0. The maximum absolute atomic E-state index is 13.8. The molecule has 0 aromatic heterocycles. The minimum absolute atomic E-state index is 0.123. The fraction of sp³-hybridized carbons (Fsp3) is 0.292. The van der Waals surface area contributed by atoms with E-state index >= 15 is 0 Å². The largest absolute Gasteiger partial charge is 0.482 e. The molecule has 13 heteroatoms. The number of guanidine groups is 1. The number of aliphatic imine (C=N–C) groups is 1. The van der Waals surface area contributed by atoms with Gasteiger partial charge in [0.1, 0.15) is 11.5 Å². The standard InChI is InChI=1S/C24H29N5O8/c25-22(35)24(28,10-1-11-29-23(26)27)21(34)20(14-2-6-16(7-3-14)36-12-18(30)31)15-4-8-17(9-5-15)37-13-19(32)33/h2-9,20H,1,10-13,28H2,(H2,25,35)(H,30,31)(H,32,33)(H4,26,27,29)/t24-/m1/s1. The van der Waals surface area contributed by atoms with Crippen molar-refractivity contribution in [3.05, 3.63) is 59.7 Å². The van der Waals surface area contributed by atoms with Gasteiger partial charge in [0.2, 0.25) is 5.91 Å². The molecule has 0 unspecified atom stereocenters. The molecular formula is C24H29N5O8. The topological polar surface area (TPSA) is 244 Å². The average Bonchev–Trinajstić information content (AvgIpc) is 2.85. The molecule has 0 aliphatic rings. The third-order valence-electron chi connectivity index (χ3n) is 5.32. The van der Waals surface area contributed by atoms with Gasteiger partial charge in [-0.2, -0.15) is 0 Å². The number of ketones is 1. The molecule has 1 amide bonds. The average molecular weight is 516 g/mol. The van der Waals surface area contributed by atoms with E-state index in [0.29, 0.717) is 11.1 Å². The minimum Gasteiger partial charge on any atom is -0.482 e. The number of benzene rings is 2. The van der Waals surface area contributed by atoms with Gasteiger partial charge in [-0.15, -0.1) is 0 Å². The number of rotatable bonds is 15. The van der Waals surface area contributed by atoms with Crippen LogP contribution in [0.5, 0.6) is 11.5 Å². The Morgan fingerprint density at radius 1 is 0.811 bits per heavy atom. The Kier molecular flexibility index (Phi) is 9.95. The Hall–Kier alpha value is -4.65. The molecule has 0 fully saturated rings. The minimum atomic E-state index is -2.07. The van der Waals surface area contributed by atoms with Crippen molar-refractivity contribution in [1.82, 2.24) is 0 Å². The number of carbonyl (C=O) groups excluding carboxylic acids is 2. The highest BCUT2D eigenvalue weighted by atomic mass is 16.5. The number of hydrogen-bond donors (Lipinski definition) is 6. The number of aliphatic carboxylic acids is 2. The van der Waals surface area contributed by atoms with Crippen LogP contribution in [0.15, 0.2) is 53.5 Å². The first-order valence-electron chi connectivity index (χ1n) is 11.0. The first-order chi connectivity index (χ1) is 17.4. The summed E-state index contributed by atoms with van der Waals surface area (Å²) in [6, 6.07) is 12.1. The molecule has 0 heterocycles. The molecule has 2 aromatic carbocycles. The van der Waals surface area contributed by atoms with Crippen molar-refractivity contribution < 1.29 is 38.9 Å². The molecular weight excluding hydrogens is 486 g/mol. The molecule has 0 spiro atoms. The molecule has 2 aromatic rings. The van der Waals surface area contributed by atoms with E-state index in [1.54, 1.807) is 0 Å². The Balaban J connectivity index is 2.44. The molecule has 0 bridgehead atoms. The number of nitrogens with two attached hydrogens (primary N) is 4. The van der Waals surface area contributed by atoms with Crippen LogP contribution in [0.4, 0.5) is 0 Å². The van der Waals surface area contributed by atoms with E-state index in [9.17, 15) is 19.2 Å². The smallest absolute Gasteiger partial charge is 0.341 e. The number of primary amides is 1. The van der Waals surface area contributed by atoms with Crippen LogP contribution in [-0.2, 0) is 19.2 Å². The molecule has 198 valence electrons. The molecule has 1 atom stereocenters. The molecule has 0 saturated heterocycles. The molecule has 0 aliphatic heterocycles. The van der Waals surface area contributed by atoms with Crippen LogP contribution in [0.25, 0.3) is 0 Å². The summed E-state index contributed by atoms with van der Waals surface area (Å²) in [5.41, 5.74) is 21.3. The third kappa shape index (κ3) is 8.21. The lowest BCUT2D eigenvalue weighted by Crippen LogP contribution is -2.59. The van der Waals surface area contributed by atoms with E-state index in [-0.39, 0.29) is 36.8 Å². The molecule has 37 heavy (non-hydrogen) atoms. The number of carboxylic acid groups (broad SMARTS) is 2. The van der Waals surface area contributed by atoms with Gasteiger partial charge < -0.3 is 42.6 Å². The second kappa shape index (κ2) is 12.9. The van der Waals surface area contributed by atoms with Gasteiger partial charge in [-0.25, -0.2) is 9.59 Å². The van der Waals surface area contributed by atoms with E-state index in [2.05, 4.69) is 4.99 Å². The molecule has 13 nitrogen and oxygen atoms in total. The fourth-order valence-electron chi connectivity index (χ4n) is 3.49. The molecule has 10 N–H and O–H groups in total. The van der Waals surface area contributed by atoms with Crippen molar-refractivity contribution in [3.8, 4) is 11.5 Å². The summed E-state index contributed by atoms with van der Waals surface area (Å²) in [7, 11) is 0. The van der Waals surface area contributed by atoms with Crippen LogP contribution in [0.3, 0.4) is 0 Å². The van der Waals surface area contributed by atoms with Crippen molar-refractivity contribution in [2.24, 2.45) is 27.9 Å². The lowest BCUT2D eigenvalue weighted by atomic mass is 9.76. The van der Waals surface area contributed by atoms with Crippen LogP contribution in [0.1, 0.15) is 29.9 Å². The van der Waals surface area contributed by atoms with Gasteiger partial charge in [0.15, 0.2) is 30.5 Å². The second-order valence-electron chi connectivity index (χ2n) is 8.05. The third-order valence-corrected chi connectivity index (χ3v) is 5.32. The predicted octanol–water partition coefficient (Wildman–Crippen LogP) is -0.449. The molecule has 0 aliphatic carbocycles. The van der Waals surface area contributed by atoms with Gasteiger partial charge in [0.25, 0.3) is 0 Å². The zero-order valence-corrected chi connectivity index (χ0v) is 19.8. The van der Waals surface area contributed by atoms with Crippen molar-refractivity contribution in [3.63, 3.8) is 0 Å². The summed E-state index contributed by atoms with van der Waals surface area (Å²) in [6.45, 7) is -0.983. The SMILES string of the molecule is NC(=O)[C@@](N)(CCCN=C(N)N)C(=O)C(c1ccc(OCC(=O)O)cc1)c1ccc(OCC(=O)O)cc1. The number of ether oxygens (including phenoxy) is 2. The maximum Gasteiger partial charge on any atom is 0.341 e. The summed E-state index contributed by atoms with van der Waals surface area (Å²) in [5.74, 6) is -4.75. The highest BCUT2D eigenvalue weighted by molar-refractivity contribution is 6.13. The van der Waals surface area contributed by atoms with Crippen LogP contribution >= 0.6 is 0 Å². The van der Waals surface area contributed by atoms with Crippen LogP contribution in [-0.4, -0.2) is 65.1 Å². The van der Waals surface area contributed by atoms with Crippen molar-refractivity contribution in [1.29, 1.82) is 0 Å². The van der Waals surface area contributed by atoms with Crippen molar-refractivity contribution in [2.45, 2.75) is 24.3 Å². The van der Waals surface area contributed by atoms with Gasteiger partial charge in [-0.1, -0.05) is 24.3 Å². The monoisotopic (exact) mass is 515 g/mol. The lowest BCUT2D eigenvalue weighted by molar-refractivity contribution is -0.140. The van der Waals surface area contributed by atoms with Gasteiger partial charge in [0.05, 0.1) is 5.92 Å². The summed E-state index contributed by atoms with van der Waals surface area (Å²) >= 11 is 0. The highest BCUT2D eigenvalue weighted by Gasteiger charge is 2.44. The number of carboxylic acids is 2. The van der Waals surface area contributed by atoms with E-state index in [0.717, 1.165) is 0 Å². The van der Waals surface area contributed by atoms with Crippen molar-refractivity contribution in [2.75, 3.05) is 19.8 Å². The van der Waals surface area contributed by atoms with Crippen LogP contribution in [0, 0.1) is 0 Å². The zero-order chi connectivity index (χ0) is 27.6. The molecule has 0 saturated carbocycles. The normalized spacial score (nSPS) is 12.3. The highest BCUT2D eigenvalue weighted by Crippen LogP contribution is 2.33. The van der Waals surface area contributed by atoms with Crippen LogP contribution in [0.2, 0.25) is 0 Å². The number of hydrogen-bond acceptors (Lipinski definition) is 8. The maximum atomic E-state index is 13.8. The summed E-state index contributed by atoms with van der Waals surface area (Å²) in [5, 5.41) is 17.6. The number of nitrogens with zero attached hydrogens (tertiary/aromatic N) is 1. The van der Waals surface area contributed by atoms with Gasteiger partial charge in [0, 0.05) is 6.54 Å². The summed E-state index contributed by atoms with van der Waals surface area (Å²) in [4.78, 5) is 51.6. The first kappa shape index (κ1) is 28.6. The van der Waals surface area contributed by atoms with E-state index in [1.165, 1.54) is 48.5 Å². The Morgan fingerprint density at radius 2 is 1.24 bits per heavy atom. The Bertz CT molecular complexity index is 1090. The second-order valence-corrected chi connectivity index (χ2v) is 8.05.